The van der Waals surface area contributed by atoms with E-state index in [1.165, 1.54) is 18.2 Å². The Balaban J connectivity index is 2.01. The first kappa shape index (κ1) is 24.3. The van der Waals surface area contributed by atoms with Gasteiger partial charge in [-0.1, -0.05) is 48.0 Å². The quantitative estimate of drug-likeness (QED) is 0.470. The number of halogens is 2. The molecule has 0 unspecified atom stereocenters. The van der Waals surface area contributed by atoms with E-state index in [1.807, 2.05) is 30.3 Å². The molecule has 2 aromatic carbocycles. The number of alkyl carbamates (subject to hydrolysis) is 1. The maximum atomic E-state index is 13.8. The van der Waals surface area contributed by atoms with Gasteiger partial charge in [-0.2, -0.15) is 5.10 Å². The van der Waals surface area contributed by atoms with Crippen molar-refractivity contribution in [2.75, 3.05) is 6.61 Å². The van der Waals surface area contributed by atoms with Crippen molar-refractivity contribution in [3.8, 4) is 0 Å². The molecular formula is C22H25ClFN3O4. The van der Waals surface area contributed by atoms with Crippen LogP contribution in [0, 0.1) is 5.82 Å². The summed E-state index contributed by atoms with van der Waals surface area (Å²) in [7, 11) is 0. The van der Waals surface area contributed by atoms with Crippen LogP contribution in [-0.2, 0) is 20.9 Å². The molecule has 0 saturated heterocycles. The highest BCUT2D eigenvalue weighted by atomic mass is 35.5. The second-order valence-corrected chi connectivity index (χ2v) is 7.98. The van der Waals surface area contributed by atoms with Gasteiger partial charge in [0.15, 0.2) is 0 Å². The largest absolute Gasteiger partial charge is 0.444 e. The van der Waals surface area contributed by atoms with Gasteiger partial charge in [0, 0.05) is 5.56 Å². The minimum Gasteiger partial charge on any atom is -0.444 e. The third-order valence-electron chi connectivity index (χ3n) is 3.77. The smallest absolute Gasteiger partial charge is 0.408 e. The number of hydrogen-bond acceptors (Lipinski definition) is 5. The van der Waals surface area contributed by atoms with Gasteiger partial charge in [0.05, 0.1) is 24.5 Å². The maximum Gasteiger partial charge on any atom is 0.408 e. The van der Waals surface area contributed by atoms with Crippen LogP contribution in [0.25, 0.3) is 0 Å². The molecule has 1 atom stereocenters. The van der Waals surface area contributed by atoms with E-state index in [0.29, 0.717) is 0 Å². The number of rotatable bonds is 8. The van der Waals surface area contributed by atoms with Gasteiger partial charge in [-0.3, -0.25) is 4.79 Å². The first-order valence-corrected chi connectivity index (χ1v) is 9.91. The third-order valence-corrected chi connectivity index (χ3v) is 4.10. The lowest BCUT2D eigenvalue weighted by atomic mass is 10.2. The standard InChI is InChI=1S/C22H25ClFN3O4/c1-22(2,3)31-21(29)26-19(14-30-13-15-8-5-4-6-9-15)20(28)27-25-12-16-17(23)10-7-11-18(16)24/h4-12,19H,13-14H2,1-3H3,(H,26,29)(H,27,28)/b25-12-/t19-/m0/s1. The highest BCUT2D eigenvalue weighted by Crippen LogP contribution is 2.16. The van der Waals surface area contributed by atoms with Crippen LogP contribution in [0.15, 0.2) is 53.6 Å². The molecule has 0 spiro atoms. The van der Waals surface area contributed by atoms with Gasteiger partial charge in [0.2, 0.25) is 0 Å². The summed E-state index contributed by atoms with van der Waals surface area (Å²) in [5.74, 6) is -1.25. The van der Waals surface area contributed by atoms with Crippen molar-refractivity contribution < 1.29 is 23.5 Å². The summed E-state index contributed by atoms with van der Waals surface area (Å²) in [5, 5.41) is 6.34. The molecule has 0 aliphatic carbocycles. The van der Waals surface area contributed by atoms with Crippen molar-refractivity contribution in [2.24, 2.45) is 5.10 Å². The fourth-order valence-corrected chi connectivity index (χ4v) is 2.59. The lowest BCUT2D eigenvalue weighted by Crippen LogP contribution is -2.49. The number of carbonyl (C=O) groups excluding carboxylic acids is 2. The van der Waals surface area contributed by atoms with E-state index in [-0.39, 0.29) is 23.8 Å². The summed E-state index contributed by atoms with van der Waals surface area (Å²) >= 11 is 5.93. The molecular weight excluding hydrogens is 425 g/mol. The molecule has 0 radical (unpaired) electrons. The molecule has 2 N–H and O–H groups in total. The number of hydrogen-bond donors (Lipinski definition) is 2. The number of amides is 2. The van der Waals surface area contributed by atoms with E-state index in [4.69, 9.17) is 21.1 Å². The number of benzene rings is 2. The molecule has 0 aliphatic heterocycles. The van der Waals surface area contributed by atoms with Crippen molar-refractivity contribution in [1.82, 2.24) is 10.7 Å². The number of nitrogens with zero attached hydrogens (tertiary/aromatic N) is 1. The lowest BCUT2D eigenvalue weighted by molar-refractivity contribution is -0.124. The first-order chi connectivity index (χ1) is 14.7. The van der Waals surface area contributed by atoms with Crippen LogP contribution >= 0.6 is 11.6 Å². The van der Waals surface area contributed by atoms with Crippen LogP contribution in [0.4, 0.5) is 9.18 Å². The zero-order valence-corrected chi connectivity index (χ0v) is 18.3. The molecule has 0 fully saturated rings. The monoisotopic (exact) mass is 449 g/mol. The zero-order chi connectivity index (χ0) is 22.9. The molecule has 7 nitrogen and oxygen atoms in total. The Morgan fingerprint density at radius 1 is 1.16 bits per heavy atom. The van der Waals surface area contributed by atoms with Gasteiger partial charge >= 0.3 is 6.09 Å². The maximum absolute atomic E-state index is 13.8. The van der Waals surface area contributed by atoms with E-state index in [0.717, 1.165) is 11.8 Å². The SMILES string of the molecule is CC(C)(C)OC(=O)N[C@@H](COCc1ccccc1)C(=O)N/N=C\c1c(F)cccc1Cl. The summed E-state index contributed by atoms with van der Waals surface area (Å²) in [4.78, 5) is 24.7. The van der Waals surface area contributed by atoms with E-state index in [9.17, 15) is 14.0 Å². The summed E-state index contributed by atoms with van der Waals surface area (Å²) in [5.41, 5.74) is 2.45. The highest BCUT2D eigenvalue weighted by molar-refractivity contribution is 6.33. The summed E-state index contributed by atoms with van der Waals surface area (Å²) in [6.45, 7) is 5.23. The topological polar surface area (TPSA) is 89.0 Å². The summed E-state index contributed by atoms with van der Waals surface area (Å²) < 4.78 is 24.6. The van der Waals surface area contributed by atoms with Crippen LogP contribution in [-0.4, -0.2) is 36.5 Å². The predicted molar refractivity (Wildman–Crippen MR) is 116 cm³/mol. The molecule has 0 aromatic heterocycles. The van der Waals surface area contributed by atoms with Crippen LogP contribution in [0.1, 0.15) is 31.9 Å². The van der Waals surface area contributed by atoms with Gasteiger partial charge < -0.3 is 14.8 Å². The Morgan fingerprint density at radius 3 is 2.52 bits per heavy atom. The van der Waals surface area contributed by atoms with Crippen molar-refractivity contribution in [3.63, 3.8) is 0 Å². The Bertz CT molecular complexity index is 896. The van der Waals surface area contributed by atoms with E-state index in [2.05, 4.69) is 15.8 Å². The van der Waals surface area contributed by atoms with E-state index >= 15 is 0 Å². The first-order valence-electron chi connectivity index (χ1n) is 9.54. The summed E-state index contributed by atoms with van der Waals surface area (Å²) in [6, 6.07) is 12.4. The highest BCUT2D eigenvalue weighted by Gasteiger charge is 2.24. The number of hydrazone groups is 1. The molecule has 31 heavy (non-hydrogen) atoms. The Kier molecular flexibility index (Phi) is 8.96. The number of nitrogens with one attached hydrogen (secondary N) is 2. The molecule has 2 aromatic rings. The third kappa shape index (κ3) is 8.74. The van der Waals surface area contributed by atoms with E-state index in [1.54, 1.807) is 20.8 Å². The average molecular weight is 450 g/mol. The minimum atomic E-state index is -1.09. The van der Waals surface area contributed by atoms with E-state index < -0.39 is 29.5 Å². The normalized spacial score (nSPS) is 12.4. The average Bonchev–Trinajstić information content (AvgIpc) is 2.68. The van der Waals surface area contributed by atoms with Gasteiger partial charge in [-0.25, -0.2) is 14.6 Å². The molecule has 0 saturated carbocycles. The van der Waals surface area contributed by atoms with Crippen LogP contribution < -0.4 is 10.7 Å². The van der Waals surface area contributed by atoms with Crippen LogP contribution in [0.5, 0.6) is 0 Å². The van der Waals surface area contributed by atoms with Gasteiger partial charge in [0.1, 0.15) is 17.5 Å². The number of ether oxygens (including phenoxy) is 2. The Morgan fingerprint density at radius 2 is 1.87 bits per heavy atom. The molecule has 2 amide bonds. The molecule has 0 heterocycles. The minimum absolute atomic E-state index is 0.0291. The molecule has 0 aliphatic rings. The van der Waals surface area contributed by atoms with Crippen molar-refractivity contribution in [2.45, 2.75) is 39.0 Å². The fourth-order valence-electron chi connectivity index (χ4n) is 2.37. The molecule has 0 bridgehead atoms. The van der Waals surface area contributed by atoms with Gasteiger partial charge in [-0.05, 0) is 38.5 Å². The van der Waals surface area contributed by atoms with Crippen molar-refractivity contribution in [1.29, 1.82) is 0 Å². The Hall–Kier alpha value is -2.97. The summed E-state index contributed by atoms with van der Waals surface area (Å²) in [6.07, 6.45) is 0.308. The molecule has 166 valence electrons. The molecule has 9 heteroatoms. The van der Waals surface area contributed by atoms with Gasteiger partial charge in [0.25, 0.3) is 5.91 Å². The zero-order valence-electron chi connectivity index (χ0n) is 17.5. The van der Waals surface area contributed by atoms with Crippen molar-refractivity contribution in [3.05, 3.63) is 70.5 Å². The second kappa shape index (κ2) is 11.4. The Labute approximate surface area is 185 Å². The number of carbonyl (C=O) groups is 2. The second-order valence-electron chi connectivity index (χ2n) is 7.57. The van der Waals surface area contributed by atoms with Gasteiger partial charge in [-0.15, -0.1) is 0 Å². The predicted octanol–water partition coefficient (Wildman–Crippen LogP) is 4.04. The fraction of sp³-hybridized carbons (Fsp3) is 0.318. The molecule has 2 rings (SSSR count). The van der Waals surface area contributed by atoms with Crippen LogP contribution in [0.2, 0.25) is 5.02 Å². The lowest BCUT2D eigenvalue weighted by Gasteiger charge is -2.22. The van der Waals surface area contributed by atoms with Crippen molar-refractivity contribution >= 4 is 29.8 Å². The van der Waals surface area contributed by atoms with Crippen LogP contribution in [0.3, 0.4) is 0 Å².